The van der Waals surface area contributed by atoms with Crippen molar-refractivity contribution in [3.05, 3.63) is 92.1 Å². The molecule has 4 aromatic rings. The van der Waals surface area contributed by atoms with Gasteiger partial charge in [-0.2, -0.15) is 4.68 Å². The molecule has 1 saturated heterocycles. The third kappa shape index (κ3) is 18.4. The number of terminal acetylenes is 1. The minimum atomic E-state index is -4.10. The molecule has 4 N–H and O–H groups in total. The molecule has 67 heavy (non-hydrogen) atoms. The van der Waals surface area contributed by atoms with Gasteiger partial charge in [0.05, 0.1) is 47.1 Å². The molecule has 1 atom stereocenters. The zero-order valence-corrected chi connectivity index (χ0v) is 42.7. The van der Waals surface area contributed by atoms with E-state index in [2.05, 4.69) is 30.2 Å². The number of para-hydroxylation sites is 1. The molecule has 0 bridgehead atoms. The zero-order chi connectivity index (χ0) is 50.9. The number of hydrogen-bond acceptors (Lipinski definition) is 12. The van der Waals surface area contributed by atoms with E-state index in [9.17, 15) is 23.7 Å². The monoisotopic (exact) mass is 1060 g/mol. The van der Waals surface area contributed by atoms with Gasteiger partial charge in [-0.1, -0.05) is 105 Å². The van der Waals surface area contributed by atoms with Crippen LogP contribution in [0, 0.1) is 12.3 Å². The van der Waals surface area contributed by atoms with Gasteiger partial charge in [0, 0.05) is 18.6 Å². The Morgan fingerprint density at radius 3 is 2.18 bits per heavy atom. The van der Waals surface area contributed by atoms with E-state index in [0.717, 1.165) is 34.3 Å². The number of carbonyl (C=O) groups excluding carboxylic acids is 2. The second-order valence-electron chi connectivity index (χ2n) is 15.5. The fourth-order valence-electron chi connectivity index (χ4n) is 5.91. The number of nitrogens with one attached hydrogen (secondary N) is 1. The topological polar surface area (TPSA) is 236 Å². The van der Waals surface area contributed by atoms with Crippen LogP contribution in [0.1, 0.15) is 77.3 Å². The summed E-state index contributed by atoms with van der Waals surface area (Å²) >= 11 is 29.1. The lowest BCUT2D eigenvalue weighted by molar-refractivity contribution is -0.144. The van der Waals surface area contributed by atoms with E-state index < -0.39 is 48.1 Å². The highest BCUT2D eigenvalue weighted by atomic mass is 35.5. The Kier molecular flexibility index (Phi) is 24.0. The highest BCUT2D eigenvalue weighted by Gasteiger charge is 2.45. The van der Waals surface area contributed by atoms with E-state index in [1.165, 1.54) is 17.0 Å². The number of anilines is 1. The summed E-state index contributed by atoms with van der Waals surface area (Å²) in [6, 6.07) is 12.7. The van der Waals surface area contributed by atoms with Crippen LogP contribution in [-0.4, -0.2) is 104 Å². The van der Waals surface area contributed by atoms with Gasteiger partial charge in [0.25, 0.3) is 5.91 Å². The van der Waals surface area contributed by atoms with Crippen molar-refractivity contribution in [1.29, 1.82) is 0 Å². The van der Waals surface area contributed by atoms with Crippen molar-refractivity contribution in [2.75, 3.05) is 50.6 Å². The Hall–Kier alpha value is -4.09. The first-order chi connectivity index (χ1) is 31.3. The van der Waals surface area contributed by atoms with E-state index in [4.69, 9.17) is 102 Å². The molecule has 1 aliphatic heterocycles. The number of amides is 2. The van der Waals surface area contributed by atoms with Crippen LogP contribution in [0.2, 0.25) is 10.0 Å². The quantitative estimate of drug-likeness (QED) is 0.0383. The smallest absolute Gasteiger partial charge is 0.442 e. The summed E-state index contributed by atoms with van der Waals surface area (Å²) in [5.41, 5.74) is 2.40. The molecule has 0 spiro atoms. The highest BCUT2D eigenvalue weighted by Crippen LogP contribution is 2.37. The van der Waals surface area contributed by atoms with Crippen molar-refractivity contribution in [3.63, 3.8) is 0 Å². The van der Waals surface area contributed by atoms with E-state index in [1.807, 2.05) is 45.0 Å². The number of aromatic nitrogens is 2. The van der Waals surface area contributed by atoms with Crippen molar-refractivity contribution in [2.24, 2.45) is 0 Å². The molecule has 0 aliphatic carbocycles. The number of aliphatic carboxylic acids is 1. The molecule has 18 nitrogen and oxygen atoms in total. The summed E-state index contributed by atoms with van der Waals surface area (Å²) in [7, 11) is -2.52. The number of rotatable bonds is 15. The molecule has 1 unspecified atom stereocenters. The number of hydrogen-bond donors (Lipinski definition) is 4. The van der Waals surface area contributed by atoms with Crippen molar-refractivity contribution < 1.29 is 56.9 Å². The maximum absolute atomic E-state index is 12.0. The average molecular weight is 1060 g/mol. The van der Waals surface area contributed by atoms with Gasteiger partial charge < -0.3 is 42.8 Å². The first kappa shape index (κ1) is 59.0. The molecule has 1 aliphatic rings. The van der Waals surface area contributed by atoms with Gasteiger partial charge in [-0.3, -0.25) is 29.2 Å². The summed E-state index contributed by atoms with van der Waals surface area (Å²) in [6.07, 6.45) is 7.59. The number of carboxylic acids is 1. The van der Waals surface area contributed by atoms with Gasteiger partial charge in [-0.25, -0.2) is 4.79 Å². The van der Waals surface area contributed by atoms with E-state index in [-0.39, 0.29) is 47.2 Å². The minimum absolute atomic E-state index is 0.0371. The van der Waals surface area contributed by atoms with Crippen LogP contribution in [0.15, 0.2) is 62.4 Å². The maximum atomic E-state index is 12.0. The van der Waals surface area contributed by atoms with Crippen LogP contribution in [-0.2, 0) is 46.7 Å². The molecule has 2 aromatic carbocycles. The first-order valence-corrected chi connectivity index (χ1v) is 24.1. The molecule has 1 fully saturated rings. The van der Waals surface area contributed by atoms with Crippen molar-refractivity contribution in [3.8, 4) is 23.8 Å². The van der Waals surface area contributed by atoms with Gasteiger partial charge in [0.1, 0.15) is 42.6 Å². The summed E-state index contributed by atoms with van der Waals surface area (Å²) in [5, 5.41) is 14.8. The molecule has 5 rings (SSSR count). The maximum Gasteiger partial charge on any atom is 0.442 e. The Morgan fingerprint density at radius 2 is 1.72 bits per heavy atom. The Labute approximate surface area is 413 Å². The number of benzene rings is 2. The lowest BCUT2D eigenvalue weighted by atomic mass is 9.97. The fraction of sp³-hybridized carbons (Fsp3) is 0.465. The molecule has 0 saturated carbocycles. The van der Waals surface area contributed by atoms with Crippen LogP contribution in [0.3, 0.4) is 0 Å². The number of carbonyl (C=O) groups is 3. The highest BCUT2D eigenvalue weighted by molar-refractivity contribution is 7.51. The number of alkyl halides is 3. The molecule has 2 amide bonds. The Morgan fingerprint density at radius 1 is 1.09 bits per heavy atom. The van der Waals surface area contributed by atoms with E-state index in [1.54, 1.807) is 38.2 Å². The predicted octanol–water partition coefficient (Wildman–Crippen LogP) is 7.94. The van der Waals surface area contributed by atoms with Gasteiger partial charge in [-0.15, -0.1) is 23.1 Å². The normalized spacial score (nSPS) is 14.1. The van der Waals surface area contributed by atoms with Gasteiger partial charge in [-0.05, 0) is 56.0 Å². The lowest BCUT2D eigenvalue weighted by Crippen LogP contribution is -2.45. The molecule has 0 radical (unpaired) electrons. The SMILES string of the molecule is C#CCOc1cc(-n2nc(C(C)(C)C)oc2=O)c(Cl)cc1Cl.CC1(C)OC(c2ccco2)CN1C(=O)C(Cl)Cl.CCc1cccc(CC)c1N(COC)C(=O)CCl.O=C(O)CNCP(=O)(O)O. The van der Waals surface area contributed by atoms with E-state index in [0.29, 0.717) is 29.6 Å². The second kappa shape index (κ2) is 27.2. The van der Waals surface area contributed by atoms with Crippen LogP contribution in [0.4, 0.5) is 5.69 Å². The van der Waals surface area contributed by atoms with Crippen LogP contribution in [0.25, 0.3) is 5.69 Å². The number of halogens is 5. The molecule has 2 aromatic heterocycles. The predicted molar refractivity (Wildman–Crippen MR) is 257 cm³/mol. The molecular weight excluding hydrogens is 1000 g/mol. The number of methoxy groups -OCH3 is 1. The lowest BCUT2D eigenvalue weighted by Gasteiger charge is -2.29. The van der Waals surface area contributed by atoms with Crippen LogP contribution >= 0.6 is 65.6 Å². The summed E-state index contributed by atoms with van der Waals surface area (Å²) in [5.74, 6) is 1.33. The summed E-state index contributed by atoms with van der Waals surface area (Å²) in [6.45, 7) is 13.6. The van der Waals surface area contributed by atoms with Gasteiger partial charge >= 0.3 is 19.3 Å². The molecule has 3 heterocycles. The molecule has 24 heteroatoms. The average Bonchev–Trinajstić information content (AvgIpc) is 4.01. The largest absolute Gasteiger partial charge is 0.480 e. The molecule has 370 valence electrons. The van der Waals surface area contributed by atoms with Crippen molar-refractivity contribution in [1.82, 2.24) is 20.0 Å². The summed E-state index contributed by atoms with van der Waals surface area (Å²) < 4.78 is 37.8. The minimum Gasteiger partial charge on any atom is -0.480 e. The van der Waals surface area contributed by atoms with E-state index >= 15 is 0 Å². The number of ether oxygens (including phenoxy) is 3. The fourth-order valence-corrected chi connectivity index (χ4v) is 7.21. The summed E-state index contributed by atoms with van der Waals surface area (Å²) in [4.78, 5) is 64.0. The zero-order valence-electron chi connectivity index (χ0n) is 38.1. The van der Waals surface area contributed by atoms with Crippen molar-refractivity contribution in [2.45, 2.75) is 83.4 Å². The standard InChI is InChI=1S/C15H14Cl2N2O3.C14H20ClNO2.C11H13Cl2NO3.C3H8NO5P/c1-5-6-21-12-8-11(9(16)7-10(12)17)19-14(20)22-13(18-19)15(2,3)4;1-4-11-7-6-8-12(5-2)14(11)16(10-18-3)13(17)9-15;1-11(2)14(10(15)9(12)13)6-8(17-11)7-4-3-5-16-7;5-3(6)1-4-2-10(7,8)9/h1,7-8H,6H2,2-4H3;6-8H,4-5,9-10H2,1-3H3;3-5,8-9H,6H2,1-2H3;4H,1-2H2,(H,5,6)(H2,7,8,9). The van der Waals surface area contributed by atoms with Gasteiger partial charge in [0.2, 0.25) is 11.8 Å². The van der Waals surface area contributed by atoms with Crippen LogP contribution in [0.5, 0.6) is 5.75 Å². The Balaban J connectivity index is 0.000000317. The number of aryl methyl sites for hydroxylation is 2. The van der Waals surface area contributed by atoms with Crippen LogP contribution < -0.4 is 20.7 Å². The molecular formula is C43H55Cl5N5O13P. The third-order valence-electron chi connectivity index (χ3n) is 8.97. The van der Waals surface area contributed by atoms with Gasteiger partial charge in [0.15, 0.2) is 4.84 Å². The number of furan rings is 1. The number of carboxylic acid groups (broad SMARTS) is 1. The number of nitrogens with zero attached hydrogens (tertiary/aromatic N) is 4. The third-order valence-corrected chi connectivity index (χ3v) is 10.8. The first-order valence-electron chi connectivity index (χ1n) is 20.2. The Bertz CT molecular complexity index is 2370. The van der Waals surface area contributed by atoms with Crippen molar-refractivity contribution >= 4 is 89.1 Å². The second-order valence-corrected chi connectivity index (χ2v) is 19.4.